The number of nitrogens with one attached hydrogen (secondary N) is 2. The number of sulfonamides is 1. The van der Waals surface area contributed by atoms with Gasteiger partial charge < -0.3 is 15.4 Å². The number of hydrogen-bond acceptors (Lipinski definition) is 5. The summed E-state index contributed by atoms with van der Waals surface area (Å²) >= 11 is 0. The average molecular weight is 558 g/mol. The van der Waals surface area contributed by atoms with Crippen molar-refractivity contribution in [2.24, 2.45) is 10.9 Å². The van der Waals surface area contributed by atoms with Gasteiger partial charge in [0.15, 0.2) is 5.96 Å². The summed E-state index contributed by atoms with van der Waals surface area (Å²) in [6, 6.07) is 0. The number of rotatable bonds is 9. The third-order valence-corrected chi connectivity index (χ3v) is 5.84. The molecule has 0 bridgehead atoms. The highest BCUT2D eigenvalue weighted by atomic mass is 127. The molecule has 1 aliphatic heterocycles. The number of piperidine rings is 1. The van der Waals surface area contributed by atoms with Gasteiger partial charge >= 0.3 is 21.5 Å². The number of halogens is 4. The van der Waals surface area contributed by atoms with E-state index in [1.807, 2.05) is 6.92 Å². The van der Waals surface area contributed by atoms with Crippen molar-refractivity contribution in [2.45, 2.75) is 45.0 Å². The summed E-state index contributed by atoms with van der Waals surface area (Å²) in [5, 5.41) is 6.14. The van der Waals surface area contributed by atoms with Crippen molar-refractivity contribution >= 4 is 45.9 Å². The summed E-state index contributed by atoms with van der Waals surface area (Å²) in [6.45, 7) is 5.20. The first-order valence-electron chi connectivity index (χ1n) is 9.36. The summed E-state index contributed by atoms with van der Waals surface area (Å²) in [5.41, 5.74) is -5.26. The Morgan fingerprint density at radius 3 is 2.34 bits per heavy atom. The van der Waals surface area contributed by atoms with E-state index in [0.717, 1.165) is 0 Å². The summed E-state index contributed by atoms with van der Waals surface area (Å²) in [4.78, 5) is 15.7. The van der Waals surface area contributed by atoms with E-state index in [2.05, 4.69) is 15.6 Å². The van der Waals surface area contributed by atoms with Crippen molar-refractivity contribution in [1.29, 1.82) is 0 Å². The first kappa shape index (κ1) is 28.2. The van der Waals surface area contributed by atoms with Crippen molar-refractivity contribution in [3.05, 3.63) is 0 Å². The van der Waals surface area contributed by atoms with Crippen LogP contribution in [-0.2, 0) is 19.6 Å². The maximum Gasteiger partial charge on any atom is 0.511 e. The molecule has 0 amide bonds. The van der Waals surface area contributed by atoms with E-state index in [1.165, 1.54) is 0 Å². The molecule has 0 saturated carbocycles. The predicted molar refractivity (Wildman–Crippen MR) is 115 cm³/mol. The van der Waals surface area contributed by atoms with Gasteiger partial charge in [0.2, 0.25) is 0 Å². The van der Waals surface area contributed by atoms with Gasteiger partial charge in [0.05, 0.1) is 6.61 Å². The fraction of sp³-hybridized carbons (Fsp3) is 0.875. The maximum atomic E-state index is 12.6. The molecule has 172 valence electrons. The van der Waals surface area contributed by atoms with E-state index in [4.69, 9.17) is 4.74 Å². The van der Waals surface area contributed by atoms with E-state index < -0.39 is 15.5 Å². The van der Waals surface area contributed by atoms with Crippen LogP contribution in [0.4, 0.5) is 13.2 Å². The standard InChI is InChI=1S/C16H29F3N4O4S.HI/c1-3-20-15(21-9-5-6-14(24)27-4-2)22-12-13-7-10-23(11-8-13)28(25,26)16(17,18)19;/h13H,3-12H2,1-2H3,(H2,20,21,22);1H. The first-order chi connectivity index (χ1) is 13.1. The molecule has 1 aliphatic rings. The van der Waals surface area contributed by atoms with E-state index in [0.29, 0.717) is 62.2 Å². The topological polar surface area (TPSA) is 100 Å². The van der Waals surface area contributed by atoms with E-state index in [1.54, 1.807) is 6.92 Å². The Labute approximate surface area is 187 Å². The number of carbonyl (C=O) groups excluding carboxylic acids is 1. The van der Waals surface area contributed by atoms with Gasteiger partial charge in [-0.1, -0.05) is 0 Å². The van der Waals surface area contributed by atoms with Crippen molar-refractivity contribution in [2.75, 3.05) is 39.3 Å². The summed E-state index contributed by atoms with van der Waals surface area (Å²) in [7, 11) is -5.25. The van der Waals surface area contributed by atoms with Crippen LogP contribution in [0, 0.1) is 5.92 Å². The maximum absolute atomic E-state index is 12.6. The Kier molecular flexibility index (Phi) is 13.1. The smallest absolute Gasteiger partial charge is 0.466 e. The number of aliphatic imine (C=N–C) groups is 1. The number of guanidine groups is 1. The lowest BCUT2D eigenvalue weighted by molar-refractivity contribution is -0.143. The second-order valence-electron chi connectivity index (χ2n) is 6.35. The molecule has 0 aromatic rings. The molecule has 0 spiro atoms. The minimum Gasteiger partial charge on any atom is -0.466 e. The second-order valence-corrected chi connectivity index (χ2v) is 8.28. The van der Waals surface area contributed by atoms with Crippen LogP contribution in [0.15, 0.2) is 4.99 Å². The van der Waals surface area contributed by atoms with Gasteiger partial charge in [0.1, 0.15) is 0 Å². The summed E-state index contributed by atoms with van der Waals surface area (Å²) in [5.74, 6) is 0.304. The third-order valence-electron chi connectivity index (χ3n) is 4.21. The molecule has 0 radical (unpaired) electrons. The SMILES string of the molecule is CCNC(=NCC1CCN(S(=O)(=O)C(F)(F)F)CC1)NCCCC(=O)OCC.I. The second kappa shape index (κ2) is 13.5. The van der Waals surface area contributed by atoms with E-state index in [-0.39, 0.29) is 49.0 Å². The van der Waals surface area contributed by atoms with Crippen molar-refractivity contribution in [3.8, 4) is 0 Å². The van der Waals surface area contributed by atoms with Crippen LogP contribution in [0.1, 0.15) is 39.5 Å². The number of hydrogen-bond donors (Lipinski definition) is 2. The molecule has 0 aliphatic carbocycles. The fourth-order valence-corrected chi connectivity index (χ4v) is 3.70. The van der Waals surface area contributed by atoms with Crippen LogP contribution in [0.25, 0.3) is 0 Å². The lowest BCUT2D eigenvalue weighted by Gasteiger charge is -2.30. The van der Waals surface area contributed by atoms with E-state index >= 15 is 0 Å². The fourth-order valence-electron chi connectivity index (χ4n) is 2.71. The Morgan fingerprint density at radius 1 is 1.21 bits per heavy atom. The number of ether oxygens (including phenoxy) is 1. The van der Waals surface area contributed by atoms with Crippen molar-refractivity contribution in [3.63, 3.8) is 0 Å². The minimum atomic E-state index is -5.26. The van der Waals surface area contributed by atoms with Crippen LogP contribution in [0.2, 0.25) is 0 Å². The first-order valence-corrected chi connectivity index (χ1v) is 10.8. The normalized spacial score (nSPS) is 16.8. The Hall–Kier alpha value is -0.830. The lowest BCUT2D eigenvalue weighted by Crippen LogP contribution is -2.45. The van der Waals surface area contributed by atoms with Crippen LogP contribution in [0.3, 0.4) is 0 Å². The Morgan fingerprint density at radius 2 is 1.83 bits per heavy atom. The van der Waals surface area contributed by atoms with Crippen LogP contribution < -0.4 is 10.6 Å². The Balaban J connectivity index is 0.00000784. The highest BCUT2D eigenvalue weighted by molar-refractivity contribution is 14.0. The number of nitrogens with zero attached hydrogens (tertiary/aromatic N) is 2. The highest BCUT2D eigenvalue weighted by Crippen LogP contribution is 2.30. The summed E-state index contributed by atoms with van der Waals surface area (Å²) < 4.78 is 66.0. The van der Waals surface area contributed by atoms with Gasteiger partial charge in [-0.3, -0.25) is 9.79 Å². The molecule has 0 aromatic carbocycles. The monoisotopic (exact) mass is 558 g/mol. The van der Waals surface area contributed by atoms with Gasteiger partial charge in [0, 0.05) is 39.1 Å². The summed E-state index contributed by atoms with van der Waals surface area (Å²) in [6.07, 6.45) is 1.52. The van der Waals surface area contributed by atoms with Gasteiger partial charge in [-0.05, 0) is 39.0 Å². The van der Waals surface area contributed by atoms with Gasteiger partial charge in [-0.2, -0.15) is 17.5 Å². The quantitative estimate of drug-likeness (QED) is 0.148. The van der Waals surface area contributed by atoms with Crippen LogP contribution in [-0.4, -0.2) is 69.5 Å². The zero-order valence-electron chi connectivity index (χ0n) is 16.6. The van der Waals surface area contributed by atoms with Gasteiger partial charge in [-0.25, -0.2) is 8.42 Å². The zero-order chi connectivity index (χ0) is 21.2. The highest BCUT2D eigenvalue weighted by Gasteiger charge is 2.50. The molecule has 1 saturated heterocycles. The molecule has 2 N–H and O–H groups in total. The largest absolute Gasteiger partial charge is 0.511 e. The third kappa shape index (κ3) is 9.68. The zero-order valence-corrected chi connectivity index (χ0v) is 19.8. The van der Waals surface area contributed by atoms with Gasteiger partial charge in [-0.15, -0.1) is 24.0 Å². The van der Waals surface area contributed by atoms with Gasteiger partial charge in [0.25, 0.3) is 0 Å². The Bertz CT molecular complexity index is 624. The number of carbonyl (C=O) groups is 1. The van der Waals surface area contributed by atoms with E-state index in [9.17, 15) is 26.4 Å². The molecular weight excluding hydrogens is 528 g/mol. The predicted octanol–water partition coefficient (Wildman–Crippen LogP) is 2.06. The van der Waals surface area contributed by atoms with Crippen molar-refractivity contribution in [1.82, 2.24) is 14.9 Å². The molecule has 1 heterocycles. The lowest BCUT2D eigenvalue weighted by atomic mass is 9.98. The molecule has 1 fully saturated rings. The average Bonchev–Trinajstić information content (AvgIpc) is 2.62. The molecular formula is C16H30F3IN4O4S. The molecule has 8 nitrogen and oxygen atoms in total. The van der Waals surface area contributed by atoms with Crippen LogP contribution >= 0.6 is 24.0 Å². The van der Waals surface area contributed by atoms with Crippen molar-refractivity contribution < 1.29 is 31.1 Å². The number of alkyl halides is 3. The molecule has 0 aromatic heterocycles. The molecule has 29 heavy (non-hydrogen) atoms. The molecule has 0 atom stereocenters. The minimum absolute atomic E-state index is 0. The molecule has 0 unspecified atom stereocenters. The number of esters is 1. The van der Waals surface area contributed by atoms with Crippen LogP contribution in [0.5, 0.6) is 0 Å². The molecule has 13 heteroatoms. The molecule has 1 rings (SSSR count).